The number of ketones is 1. The lowest BCUT2D eigenvalue weighted by Gasteiger charge is -2.25. The van der Waals surface area contributed by atoms with E-state index in [-0.39, 0.29) is 17.9 Å². The van der Waals surface area contributed by atoms with Crippen molar-refractivity contribution >= 4 is 17.4 Å². The smallest absolute Gasteiger partial charge is 0.295 e. The maximum absolute atomic E-state index is 13.2. The summed E-state index contributed by atoms with van der Waals surface area (Å²) in [4.78, 5) is 31.8. The summed E-state index contributed by atoms with van der Waals surface area (Å²) in [7, 11) is 1.54. The third kappa shape index (κ3) is 4.54. The lowest BCUT2D eigenvalue weighted by atomic mass is 9.95. The average molecular weight is 456 g/mol. The number of benzene rings is 2. The average Bonchev–Trinajstić information content (AvgIpc) is 3.13. The van der Waals surface area contributed by atoms with Crippen LogP contribution in [0, 0.1) is 0 Å². The minimum absolute atomic E-state index is 0.0267. The van der Waals surface area contributed by atoms with E-state index in [1.807, 2.05) is 6.07 Å². The van der Waals surface area contributed by atoms with Gasteiger partial charge in [0.25, 0.3) is 11.7 Å². The van der Waals surface area contributed by atoms with Gasteiger partial charge >= 0.3 is 0 Å². The van der Waals surface area contributed by atoms with Crippen LogP contribution in [-0.4, -0.2) is 40.4 Å². The Bertz CT molecular complexity index is 1220. The van der Waals surface area contributed by atoms with E-state index in [9.17, 15) is 14.7 Å². The van der Waals surface area contributed by atoms with Crippen LogP contribution in [0.2, 0.25) is 0 Å². The predicted octanol–water partition coefficient (Wildman–Crippen LogP) is 4.28. The van der Waals surface area contributed by atoms with Crippen molar-refractivity contribution in [1.29, 1.82) is 0 Å². The molecule has 2 heterocycles. The molecule has 1 amide bonds. The first-order chi connectivity index (χ1) is 16.5. The van der Waals surface area contributed by atoms with Crippen LogP contribution in [-0.2, 0) is 16.1 Å². The summed E-state index contributed by atoms with van der Waals surface area (Å²) in [6.07, 6.45) is 4.93. The molecule has 0 aliphatic carbocycles. The van der Waals surface area contributed by atoms with Gasteiger partial charge in [0.1, 0.15) is 23.9 Å². The van der Waals surface area contributed by atoms with Gasteiger partial charge in [0.15, 0.2) is 0 Å². The standard InChI is InChI=1S/C27H24N2O5/c1-3-15-34-22-12-6-19(7-13-22)24-23(25(30)20-8-10-21(33-2)11-9-20)26(31)27(32)29(24)17-18-5-4-14-28-16-18/h3-14,16,24,30H,1,15,17H2,2H3/b25-23+. The van der Waals surface area contributed by atoms with Crippen LogP contribution in [0.5, 0.6) is 11.5 Å². The van der Waals surface area contributed by atoms with Gasteiger partial charge in [-0.1, -0.05) is 30.9 Å². The highest BCUT2D eigenvalue weighted by Gasteiger charge is 2.46. The number of ether oxygens (including phenoxy) is 2. The SMILES string of the molecule is C=CCOc1ccc(C2/C(=C(\O)c3ccc(OC)cc3)C(=O)C(=O)N2Cc2cccnc2)cc1. The number of hydrogen-bond acceptors (Lipinski definition) is 6. The number of aliphatic hydroxyl groups is 1. The number of rotatable bonds is 8. The van der Waals surface area contributed by atoms with E-state index in [0.717, 1.165) is 5.56 Å². The number of methoxy groups -OCH3 is 1. The fourth-order valence-corrected chi connectivity index (χ4v) is 3.88. The van der Waals surface area contributed by atoms with Crippen LogP contribution >= 0.6 is 0 Å². The highest BCUT2D eigenvalue weighted by Crippen LogP contribution is 2.40. The van der Waals surface area contributed by atoms with Crippen molar-refractivity contribution in [3.63, 3.8) is 0 Å². The number of pyridine rings is 1. The van der Waals surface area contributed by atoms with Gasteiger partial charge in [0, 0.05) is 24.5 Å². The van der Waals surface area contributed by atoms with Crippen molar-refractivity contribution in [2.24, 2.45) is 0 Å². The van der Waals surface area contributed by atoms with Gasteiger partial charge in [-0.15, -0.1) is 0 Å². The predicted molar refractivity (Wildman–Crippen MR) is 127 cm³/mol. The molecule has 0 radical (unpaired) electrons. The minimum Gasteiger partial charge on any atom is -0.507 e. The Morgan fingerprint density at radius 2 is 1.79 bits per heavy atom. The van der Waals surface area contributed by atoms with Crippen LogP contribution in [0.25, 0.3) is 5.76 Å². The molecule has 1 aromatic heterocycles. The van der Waals surface area contributed by atoms with E-state index in [2.05, 4.69) is 11.6 Å². The number of aliphatic hydroxyl groups excluding tert-OH is 1. The van der Waals surface area contributed by atoms with E-state index in [0.29, 0.717) is 29.2 Å². The molecule has 1 aliphatic rings. The number of aromatic nitrogens is 1. The highest BCUT2D eigenvalue weighted by atomic mass is 16.5. The lowest BCUT2D eigenvalue weighted by molar-refractivity contribution is -0.140. The van der Waals surface area contributed by atoms with E-state index >= 15 is 0 Å². The Kier molecular flexibility index (Phi) is 6.73. The molecule has 1 atom stereocenters. The Balaban J connectivity index is 1.80. The van der Waals surface area contributed by atoms with Crippen molar-refractivity contribution in [3.05, 3.63) is 108 Å². The minimum atomic E-state index is -0.782. The van der Waals surface area contributed by atoms with Gasteiger partial charge in [-0.25, -0.2) is 0 Å². The molecular formula is C27H24N2O5. The third-order valence-corrected chi connectivity index (χ3v) is 5.54. The second-order valence-electron chi connectivity index (χ2n) is 7.69. The molecule has 0 spiro atoms. The molecular weight excluding hydrogens is 432 g/mol. The van der Waals surface area contributed by atoms with Crippen molar-refractivity contribution in [2.75, 3.05) is 13.7 Å². The summed E-state index contributed by atoms with van der Waals surface area (Å²) in [6.45, 7) is 4.16. The lowest BCUT2D eigenvalue weighted by Crippen LogP contribution is -2.29. The van der Waals surface area contributed by atoms with Gasteiger partial charge < -0.3 is 19.5 Å². The molecule has 2 aromatic carbocycles. The molecule has 34 heavy (non-hydrogen) atoms. The maximum Gasteiger partial charge on any atom is 0.295 e. The maximum atomic E-state index is 13.2. The van der Waals surface area contributed by atoms with Crippen LogP contribution in [0.4, 0.5) is 0 Å². The first-order valence-corrected chi connectivity index (χ1v) is 10.7. The Morgan fingerprint density at radius 3 is 2.41 bits per heavy atom. The normalized spacial score (nSPS) is 17.0. The number of Topliss-reactive ketones (excluding diaryl/α,β-unsaturated/α-hetero) is 1. The van der Waals surface area contributed by atoms with E-state index < -0.39 is 17.7 Å². The monoisotopic (exact) mass is 456 g/mol. The van der Waals surface area contributed by atoms with Crippen molar-refractivity contribution < 1.29 is 24.2 Å². The van der Waals surface area contributed by atoms with Gasteiger partial charge in [0.2, 0.25) is 0 Å². The summed E-state index contributed by atoms with van der Waals surface area (Å²) in [5.74, 6) is -0.431. The molecule has 3 aromatic rings. The molecule has 7 heteroatoms. The van der Waals surface area contributed by atoms with Crippen LogP contribution in [0.1, 0.15) is 22.7 Å². The quantitative estimate of drug-likeness (QED) is 0.236. The summed E-state index contributed by atoms with van der Waals surface area (Å²) < 4.78 is 10.7. The van der Waals surface area contributed by atoms with Crippen LogP contribution in [0.15, 0.2) is 91.3 Å². The van der Waals surface area contributed by atoms with Gasteiger partial charge in [-0.3, -0.25) is 14.6 Å². The fourth-order valence-electron chi connectivity index (χ4n) is 3.88. The van der Waals surface area contributed by atoms with Crippen LogP contribution in [0.3, 0.4) is 0 Å². The van der Waals surface area contributed by atoms with Gasteiger partial charge in [0.05, 0.1) is 18.7 Å². The third-order valence-electron chi connectivity index (χ3n) is 5.54. The molecule has 1 aliphatic heterocycles. The van der Waals surface area contributed by atoms with Crippen molar-refractivity contribution in [1.82, 2.24) is 9.88 Å². The van der Waals surface area contributed by atoms with Crippen LogP contribution < -0.4 is 9.47 Å². The summed E-state index contributed by atoms with van der Waals surface area (Å²) in [6, 6.07) is 16.6. The van der Waals surface area contributed by atoms with E-state index in [4.69, 9.17) is 9.47 Å². The van der Waals surface area contributed by atoms with E-state index in [1.54, 1.807) is 80.2 Å². The van der Waals surface area contributed by atoms with E-state index in [1.165, 1.54) is 4.90 Å². The number of hydrogen-bond donors (Lipinski definition) is 1. The molecule has 0 saturated carbocycles. The molecule has 1 saturated heterocycles. The van der Waals surface area contributed by atoms with Crippen molar-refractivity contribution in [3.8, 4) is 11.5 Å². The second kappa shape index (κ2) is 10.0. The molecule has 0 bridgehead atoms. The topological polar surface area (TPSA) is 89.0 Å². The molecule has 1 N–H and O–H groups in total. The van der Waals surface area contributed by atoms with Crippen molar-refractivity contribution in [2.45, 2.75) is 12.6 Å². The highest BCUT2D eigenvalue weighted by molar-refractivity contribution is 6.46. The second-order valence-corrected chi connectivity index (χ2v) is 7.69. The number of nitrogens with zero attached hydrogens (tertiary/aromatic N) is 2. The molecule has 1 fully saturated rings. The largest absolute Gasteiger partial charge is 0.507 e. The fraction of sp³-hybridized carbons (Fsp3) is 0.148. The number of carbonyl (C=O) groups excluding carboxylic acids is 2. The molecule has 1 unspecified atom stereocenters. The molecule has 7 nitrogen and oxygen atoms in total. The first kappa shape index (κ1) is 22.8. The zero-order valence-electron chi connectivity index (χ0n) is 18.7. The molecule has 4 rings (SSSR count). The summed E-state index contributed by atoms with van der Waals surface area (Å²) in [5, 5.41) is 11.1. The zero-order valence-corrected chi connectivity index (χ0v) is 18.7. The zero-order chi connectivity index (χ0) is 24.1. The first-order valence-electron chi connectivity index (χ1n) is 10.7. The Morgan fingerprint density at radius 1 is 1.09 bits per heavy atom. The summed E-state index contributed by atoms with van der Waals surface area (Å²) >= 11 is 0. The Hall–Kier alpha value is -4.39. The van der Waals surface area contributed by atoms with Gasteiger partial charge in [-0.2, -0.15) is 0 Å². The number of likely N-dealkylation sites (tertiary alicyclic amines) is 1. The summed E-state index contributed by atoms with van der Waals surface area (Å²) in [5.41, 5.74) is 1.88. The number of amides is 1. The van der Waals surface area contributed by atoms with Gasteiger partial charge in [-0.05, 0) is 53.6 Å². The molecule has 172 valence electrons. The number of carbonyl (C=O) groups is 2. The Labute approximate surface area is 197 Å².